The predicted octanol–water partition coefficient (Wildman–Crippen LogP) is 10.7. The van der Waals surface area contributed by atoms with Crippen molar-refractivity contribution in [1.82, 2.24) is 9.88 Å². The summed E-state index contributed by atoms with van der Waals surface area (Å²) in [5.41, 5.74) is 16.2. The van der Waals surface area contributed by atoms with Crippen LogP contribution in [0.1, 0.15) is 19.4 Å². The minimum Gasteiger partial charge on any atom is -0.398 e. The van der Waals surface area contributed by atoms with E-state index in [2.05, 4.69) is 150 Å². The van der Waals surface area contributed by atoms with Crippen LogP contribution in [0.3, 0.4) is 0 Å². The Kier molecular flexibility index (Phi) is 7.74. The molecule has 6 aromatic carbocycles. The second-order valence-electron chi connectivity index (χ2n) is 11.3. The van der Waals surface area contributed by atoms with Crippen LogP contribution in [-0.2, 0) is 0 Å². The second kappa shape index (κ2) is 12.3. The van der Waals surface area contributed by atoms with E-state index in [1.165, 1.54) is 54.5 Å². The number of nitrogens with one attached hydrogen (secondary N) is 1. The molecule has 2 heterocycles. The minimum atomic E-state index is 0.681. The summed E-state index contributed by atoms with van der Waals surface area (Å²) in [6.07, 6.45) is 7.76. The van der Waals surface area contributed by atoms with Crippen LogP contribution < -0.4 is 11.1 Å². The largest absolute Gasteiger partial charge is 0.398 e. The molecule has 0 aliphatic carbocycles. The molecule has 0 unspecified atom stereocenters. The summed E-state index contributed by atoms with van der Waals surface area (Å²) in [5.74, 6) is 0. The highest BCUT2D eigenvalue weighted by Gasteiger charge is 2.17. The summed E-state index contributed by atoms with van der Waals surface area (Å²) >= 11 is 0. The first-order valence-electron chi connectivity index (χ1n) is 16.0. The van der Waals surface area contributed by atoms with E-state index in [-0.39, 0.29) is 0 Å². The summed E-state index contributed by atoms with van der Waals surface area (Å²) in [7, 11) is 0. The van der Waals surface area contributed by atoms with Gasteiger partial charge in [-0.25, -0.2) is 0 Å². The molecular formula is C43H37N3. The van der Waals surface area contributed by atoms with Crippen LogP contribution in [0.15, 0.2) is 163 Å². The fourth-order valence-corrected chi connectivity index (χ4v) is 6.52. The van der Waals surface area contributed by atoms with Gasteiger partial charge in [-0.05, 0) is 80.9 Å². The van der Waals surface area contributed by atoms with Gasteiger partial charge in [0, 0.05) is 39.8 Å². The Hall–Kier alpha value is -5.80. The molecule has 0 saturated carbocycles. The first kappa shape index (κ1) is 28.9. The monoisotopic (exact) mass is 595 g/mol. The number of nitrogens with zero attached hydrogens (tertiary/aromatic N) is 1. The number of benzene rings is 6. The predicted molar refractivity (Wildman–Crippen MR) is 199 cm³/mol. The smallest absolute Gasteiger partial charge is 0.0619 e. The highest BCUT2D eigenvalue weighted by molar-refractivity contribution is 6.19. The van der Waals surface area contributed by atoms with E-state index in [1.54, 1.807) is 6.08 Å². The molecule has 7 aromatic rings. The quantitative estimate of drug-likeness (QED) is 0.194. The number of rotatable bonds is 5. The number of allylic oxidation sites excluding steroid dienone is 4. The van der Waals surface area contributed by atoms with Gasteiger partial charge in [0.15, 0.2) is 0 Å². The average molecular weight is 596 g/mol. The van der Waals surface area contributed by atoms with Crippen LogP contribution in [0.5, 0.6) is 0 Å². The van der Waals surface area contributed by atoms with Crippen molar-refractivity contribution >= 4 is 49.0 Å². The third kappa shape index (κ3) is 5.06. The number of fused-ring (bicyclic) bond motifs is 6. The van der Waals surface area contributed by atoms with E-state index in [0.717, 1.165) is 28.2 Å². The Bertz CT molecular complexity index is 2350. The topological polar surface area (TPSA) is 43.0 Å². The van der Waals surface area contributed by atoms with Crippen molar-refractivity contribution in [3.8, 4) is 16.8 Å². The first-order chi connectivity index (χ1) is 22.7. The second-order valence-corrected chi connectivity index (χ2v) is 11.3. The average Bonchev–Trinajstić information content (AvgIpc) is 3.46. The molecule has 8 rings (SSSR count). The van der Waals surface area contributed by atoms with Crippen LogP contribution in [0.4, 0.5) is 0 Å². The van der Waals surface area contributed by atoms with E-state index >= 15 is 0 Å². The van der Waals surface area contributed by atoms with Crippen LogP contribution >= 0.6 is 0 Å². The standard InChI is InChI=1S/C41H31N3.C2H6/c1-2-8-38(42)33-18-22-39(43-26-33)32-17-19-35-31(24-32)16-21-37-36-20-15-30(29-14-13-27-9-6-7-10-28(27)23-29)25-40(36)44(41(35)37)34-11-4-3-5-12-34;1-2/h2-25,43H,1,26,42H2;1-2H3/b38-8-;. The van der Waals surface area contributed by atoms with Gasteiger partial charge in [0.1, 0.15) is 0 Å². The van der Waals surface area contributed by atoms with Crippen LogP contribution in [0.25, 0.3) is 65.9 Å². The molecule has 0 spiro atoms. The van der Waals surface area contributed by atoms with E-state index < -0.39 is 0 Å². The fourth-order valence-electron chi connectivity index (χ4n) is 6.52. The molecule has 1 aliphatic rings. The molecule has 3 N–H and O–H groups in total. The van der Waals surface area contributed by atoms with Gasteiger partial charge in [-0.1, -0.05) is 124 Å². The molecule has 1 aliphatic heterocycles. The maximum absolute atomic E-state index is 6.18. The van der Waals surface area contributed by atoms with Gasteiger partial charge < -0.3 is 15.6 Å². The fraction of sp³-hybridized carbons (Fsp3) is 0.0698. The Morgan fingerprint density at radius 2 is 1.33 bits per heavy atom. The zero-order chi connectivity index (χ0) is 31.6. The Labute approximate surface area is 270 Å². The molecule has 0 bridgehead atoms. The lowest BCUT2D eigenvalue weighted by Gasteiger charge is -2.18. The van der Waals surface area contributed by atoms with Crippen LogP contribution in [-0.4, -0.2) is 11.1 Å². The molecule has 0 fully saturated rings. The highest BCUT2D eigenvalue weighted by atomic mass is 15.0. The number of aromatic nitrogens is 1. The zero-order valence-corrected chi connectivity index (χ0v) is 26.3. The zero-order valence-electron chi connectivity index (χ0n) is 26.3. The summed E-state index contributed by atoms with van der Waals surface area (Å²) in [4.78, 5) is 0. The number of nitrogens with two attached hydrogens (primary N) is 1. The molecule has 0 saturated heterocycles. The van der Waals surface area contributed by atoms with E-state index in [1.807, 2.05) is 19.9 Å². The normalized spacial score (nSPS) is 13.2. The number of para-hydroxylation sites is 1. The van der Waals surface area contributed by atoms with Gasteiger partial charge in [0.05, 0.1) is 11.0 Å². The van der Waals surface area contributed by atoms with Crippen molar-refractivity contribution in [1.29, 1.82) is 0 Å². The number of hydrogen-bond donors (Lipinski definition) is 2. The molecule has 0 amide bonds. The number of dihydropyridines is 1. The summed E-state index contributed by atoms with van der Waals surface area (Å²) in [6.45, 7) is 8.44. The lowest BCUT2D eigenvalue weighted by molar-refractivity contribution is 0.943. The van der Waals surface area contributed by atoms with E-state index in [4.69, 9.17) is 5.73 Å². The molecule has 3 nitrogen and oxygen atoms in total. The molecule has 0 atom stereocenters. The van der Waals surface area contributed by atoms with Gasteiger partial charge in [0.2, 0.25) is 0 Å². The van der Waals surface area contributed by atoms with Crippen molar-refractivity contribution in [2.75, 3.05) is 6.54 Å². The van der Waals surface area contributed by atoms with Gasteiger partial charge >= 0.3 is 0 Å². The summed E-state index contributed by atoms with van der Waals surface area (Å²) in [6, 6.07) is 44.2. The molecule has 1 aromatic heterocycles. The molecular weight excluding hydrogens is 558 g/mol. The Morgan fingerprint density at radius 1 is 0.674 bits per heavy atom. The first-order valence-corrected chi connectivity index (χ1v) is 16.0. The third-order valence-corrected chi connectivity index (χ3v) is 8.74. The SMILES string of the molecule is C=C/C=C(\N)C1=CC=C(c2ccc3c(ccc4c5ccc(-c6ccc7ccccc7c6)cc5n(-c5ccccc5)c34)c2)NC1.CC. The van der Waals surface area contributed by atoms with Gasteiger partial charge in [-0.3, -0.25) is 0 Å². The molecule has 46 heavy (non-hydrogen) atoms. The minimum absolute atomic E-state index is 0.681. The summed E-state index contributed by atoms with van der Waals surface area (Å²) in [5, 5.41) is 11.0. The third-order valence-electron chi connectivity index (χ3n) is 8.74. The molecule has 224 valence electrons. The van der Waals surface area contributed by atoms with Crippen molar-refractivity contribution in [2.24, 2.45) is 5.73 Å². The van der Waals surface area contributed by atoms with Crippen LogP contribution in [0.2, 0.25) is 0 Å². The maximum Gasteiger partial charge on any atom is 0.0619 e. The van der Waals surface area contributed by atoms with Crippen molar-refractivity contribution in [2.45, 2.75) is 13.8 Å². The Balaban J connectivity index is 0.00000166. The van der Waals surface area contributed by atoms with Gasteiger partial charge in [-0.2, -0.15) is 0 Å². The molecule has 0 radical (unpaired) electrons. The number of hydrogen-bond acceptors (Lipinski definition) is 2. The van der Waals surface area contributed by atoms with E-state index in [0.29, 0.717) is 6.54 Å². The van der Waals surface area contributed by atoms with Crippen molar-refractivity contribution in [3.63, 3.8) is 0 Å². The Morgan fingerprint density at radius 3 is 2.11 bits per heavy atom. The lowest BCUT2D eigenvalue weighted by atomic mass is 9.99. The van der Waals surface area contributed by atoms with Crippen LogP contribution in [0, 0.1) is 0 Å². The van der Waals surface area contributed by atoms with Gasteiger partial charge in [0.25, 0.3) is 0 Å². The van der Waals surface area contributed by atoms with Gasteiger partial charge in [-0.15, -0.1) is 0 Å². The lowest BCUT2D eigenvalue weighted by Crippen LogP contribution is -2.21. The van der Waals surface area contributed by atoms with Crippen molar-refractivity contribution in [3.05, 3.63) is 169 Å². The summed E-state index contributed by atoms with van der Waals surface area (Å²) < 4.78 is 2.43. The van der Waals surface area contributed by atoms with Crippen molar-refractivity contribution < 1.29 is 0 Å². The highest BCUT2D eigenvalue weighted by Crippen LogP contribution is 2.39. The van der Waals surface area contributed by atoms with E-state index in [9.17, 15) is 0 Å². The maximum atomic E-state index is 6.18. The molecule has 3 heteroatoms.